The van der Waals surface area contributed by atoms with Crippen LogP contribution in [-0.4, -0.2) is 6.67 Å². The summed E-state index contributed by atoms with van der Waals surface area (Å²) in [4.78, 5) is 4.67. The molecule has 0 aliphatic carbocycles. The molecule has 33 heavy (non-hydrogen) atoms. The Morgan fingerprint density at radius 1 is 0.394 bits per heavy atom. The van der Waals surface area contributed by atoms with E-state index in [1.807, 2.05) is 0 Å². The minimum Gasteiger partial charge on any atom is -0.323 e. The highest BCUT2D eigenvalue weighted by Gasteiger charge is 2.16. The van der Waals surface area contributed by atoms with Crippen molar-refractivity contribution in [2.45, 2.75) is 27.7 Å². The molecule has 0 aliphatic heterocycles. The highest BCUT2D eigenvalue weighted by Crippen LogP contribution is 2.31. The molecule has 0 radical (unpaired) electrons. The lowest BCUT2D eigenvalue weighted by Crippen LogP contribution is -2.32. The SMILES string of the molecule is CC(C)=C(C)C.c1ccc(N(CN(c2ccccc2)c2ccccc2)c2ccccc2)cc1. The van der Waals surface area contributed by atoms with Gasteiger partial charge in [-0.2, -0.15) is 0 Å². The second-order valence-electron chi connectivity index (χ2n) is 8.34. The monoisotopic (exact) mass is 434 g/mol. The fourth-order valence-corrected chi connectivity index (χ4v) is 3.20. The maximum Gasteiger partial charge on any atom is 0.0999 e. The van der Waals surface area contributed by atoms with E-state index < -0.39 is 0 Å². The molecule has 2 heteroatoms. The van der Waals surface area contributed by atoms with Gasteiger partial charge in [-0.1, -0.05) is 83.9 Å². The maximum atomic E-state index is 2.33. The molecular weight excluding hydrogens is 400 g/mol. The van der Waals surface area contributed by atoms with E-state index in [1.165, 1.54) is 33.9 Å². The first-order chi connectivity index (χ1) is 16.1. The van der Waals surface area contributed by atoms with Gasteiger partial charge in [-0.25, -0.2) is 0 Å². The van der Waals surface area contributed by atoms with Gasteiger partial charge in [-0.05, 0) is 76.2 Å². The van der Waals surface area contributed by atoms with Gasteiger partial charge in [-0.15, -0.1) is 0 Å². The van der Waals surface area contributed by atoms with E-state index in [0.29, 0.717) is 6.67 Å². The summed E-state index contributed by atoms with van der Waals surface area (Å²) in [7, 11) is 0. The van der Waals surface area contributed by atoms with E-state index in [9.17, 15) is 0 Å². The molecule has 4 aromatic rings. The van der Waals surface area contributed by atoms with Gasteiger partial charge in [0.1, 0.15) is 0 Å². The van der Waals surface area contributed by atoms with Crippen molar-refractivity contribution in [1.29, 1.82) is 0 Å². The van der Waals surface area contributed by atoms with Crippen LogP contribution in [0.25, 0.3) is 0 Å². The minimum absolute atomic E-state index is 0.710. The smallest absolute Gasteiger partial charge is 0.0999 e. The van der Waals surface area contributed by atoms with E-state index >= 15 is 0 Å². The first-order valence-corrected chi connectivity index (χ1v) is 11.4. The largest absolute Gasteiger partial charge is 0.323 e. The molecule has 0 amide bonds. The second kappa shape index (κ2) is 12.3. The Labute approximate surface area is 199 Å². The van der Waals surface area contributed by atoms with Crippen LogP contribution in [0, 0.1) is 0 Å². The Morgan fingerprint density at radius 3 is 0.788 bits per heavy atom. The van der Waals surface area contributed by atoms with Crippen LogP contribution < -0.4 is 9.80 Å². The topological polar surface area (TPSA) is 6.48 Å². The van der Waals surface area contributed by atoms with Crippen LogP contribution in [0.5, 0.6) is 0 Å². The molecular formula is C31H34N2. The molecule has 0 fully saturated rings. The third-order valence-electron chi connectivity index (χ3n) is 5.55. The van der Waals surface area contributed by atoms with Crippen molar-refractivity contribution in [1.82, 2.24) is 0 Å². The number of hydrogen-bond donors (Lipinski definition) is 0. The molecule has 0 spiro atoms. The average Bonchev–Trinajstić information content (AvgIpc) is 2.87. The van der Waals surface area contributed by atoms with Crippen LogP contribution in [0.3, 0.4) is 0 Å². The summed E-state index contributed by atoms with van der Waals surface area (Å²) in [6.45, 7) is 9.19. The van der Waals surface area contributed by atoms with Gasteiger partial charge < -0.3 is 9.80 Å². The standard InChI is InChI=1S/C25H22N2.C6H12/c1-5-13-22(14-6-1)26(23-15-7-2-8-16-23)21-27(24-17-9-3-10-18-24)25-19-11-4-12-20-25;1-5(2)6(3)4/h1-20H,21H2;1-4H3. The number of nitrogens with zero attached hydrogens (tertiary/aromatic N) is 2. The maximum absolute atomic E-state index is 2.33. The van der Waals surface area contributed by atoms with Crippen molar-refractivity contribution < 1.29 is 0 Å². The number of benzene rings is 4. The van der Waals surface area contributed by atoms with Crippen molar-refractivity contribution in [3.63, 3.8) is 0 Å². The van der Waals surface area contributed by atoms with Gasteiger partial charge >= 0.3 is 0 Å². The minimum atomic E-state index is 0.710. The van der Waals surface area contributed by atoms with Crippen LogP contribution in [0.2, 0.25) is 0 Å². The highest BCUT2D eigenvalue weighted by atomic mass is 15.3. The Hall–Kier alpha value is -3.78. The lowest BCUT2D eigenvalue weighted by Gasteiger charge is -2.33. The van der Waals surface area contributed by atoms with Crippen LogP contribution in [0.15, 0.2) is 132 Å². The number of hydrogen-bond acceptors (Lipinski definition) is 2. The summed E-state index contributed by atoms with van der Waals surface area (Å²) < 4.78 is 0. The Balaban J connectivity index is 0.000000454. The van der Waals surface area contributed by atoms with Gasteiger partial charge in [-0.3, -0.25) is 0 Å². The van der Waals surface area contributed by atoms with Crippen LogP contribution in [0.4, 0.5) is 22.7 Å². The summed E-state index contributed by atoms with van der Waals surface area (Å²) in [6, 6.07) is 42.1. The van der Waals surface area contributed by atoms with Gasteiger partial charge in [0.25, 0.3) is 0 Å². The third-order valence-corrected chi connectivity index (χ3v) is 5.55. The highest BCUT2D eigenvalue weighted by molar-refractivity contribution is 5.69. The van der Waals surface area contributed by atoms with Gasteiger partial charge in [0.15, 0.2) is 0 Å². The molecule has 0 heterocycles. The molecule has 0 saturated heterocycles. The predicted octanol–water partition coefficient (Wildman–Crippen LogP) is 8.98. The van der Waals surface area contributed by atoms with E-state index in [4.69, 9.17) is 0 Å². The fraction of sp³-hybridized carbons (Fsp3) is 0.161. The zero-order valence-electron chi connectivity index (χ0n) is 20.1. The van der Waals surface area contributed by atoms with Crippen molar-refractivity contribution >= 4 is 22.7 Å². The van der Waals surface area contributed by atoms with Crippen LogP contribution in [0.1, 0.15) is 27.7 Å². The number of anilines is 4. The molecule has 4 rings (SSSR count). The van der Waals surface area contributed by atoms with E-state index in [1.54, 1.807) is 0 Å². The number of allylic oxidation sites excluding steroid dienone is 2. The van der Waals surface area contributed by atoms with Crippen LogP contribution >= 0.6 is 0 Å². The van der Waals surface area contributed by atoms with Crippen molar-refractivity contribution in [2.24, 2.45) is 0 Å². The van der Waals surface area contributed by atoms with Gasteiger partial charge in [0, 0.05) is 22.7 Å². The van der Waals surface area contributed by atoms with E-state index in [2.05, 4.69) is 159 Å². The number of rotatable bonds is 6. The molecule has 0 aliphatic rings. The van der Waals surface area contributed by atoms with Gasteiger partial charge in [0.2, 0.25) is 0 Å². The molecule has 0 unspecified atom stereocenters. The Morgan fingerprint density at radius 2 is 0.606 bits per heavy atom. The fourth-order valence-electron chi connectivity index (χ4n) is 3.20. The van der Waals surface area contributed by atoms with E-state index in [-0.39, 0.29) is 0 Å². The lowest BCUT2D eigenvalue weighted by molar-refractivity contribution is 0.926. The van der Waals surface area contributed by atoms with Crippen molar-refractivity contribution in [3.05, 3.63) is 132 Å². The molecule has 2 nitrogen and oxygen atoms in total. The summed E-state index contributed by atoms with van der Waals surface area (Å²) in [5.41, 5.74) is 7.52. The normalized spacial score (nSPS) is 9.94. The molecule has 0 aromatic heterocycles. The lowest BCUT2D eigenvalue weighted by atomic mass is 10.2. The van der Waals surface area contributed by atoms with Crippen LogP contribution in [-0.2, 0) is 0 Å². The quantitative estimate of drug-likeness (QED) is 0.221. The zero-order valence-corrected chi connectivity index (χ0v) is 20.1. The third kappa shape index (κ3) is 7.11. The first kappa shape index (κ1) is 23.9. The molecule has 0 atom stereocenters. The summed E-state index contributed by atoms with van der Waals surface area (Å²) >= 11 is 0. The Bertz CT molecular complexity index is 927. The predicted molar refractivity (Wildman–Crippen MR) is 145 cm³/mol. The van der Waals surface area contributed by atoms with Crippen molar-refractivity contribution in [2.75, 3.05) is 16.5 Å². The Kier molecular flexibility index (Phi) is 8.90. The molecule has 0 bridgehead atoms. The average molecular weight is 435 g/mol. The zero-order chi connectivity index (χ0) is 23.5. The van der Waals surface area contributed by atoms with Crippen molar-refractivity contribution in [3.8, 4) is 0 Å². The second-order valence-corrected chi connectivity index (χ2v) is 8.34. The first-order valence-electron chi connectivity index (χ1n) is 11.4. The summed E-state index contributed by atoms with van der Waals surface area (Å²) in [5.74, 6) is 0. The molecule has 0 saturated carbocycles. The molecule has 168 valence electrons. The van der Waals surface area contributed by atoms with Gasteiger partial charge in [0.05, 0.1) is 6.67 Å². The number of para-hydroxylation sites is 4. The summed E-state index contributed by atoms with van der Waals surface area (Å²) in [6.07, 6.45) is 0. The van der Waals surface area contributed by atoms with E-state index in [0.717, 1.165) is 0 Å². The molecule has 0 N–H and O–H groups in total. The molecule has 4 aromatic carbocycles. The summed E-state index contributed by atoms with van der Waals surface area (Å²) in [5, 5.41) is 0.